The van der Waals surface area contributed by atoms with Gasteiger partial charge < -0.3 is 29.7 Å². The third-order valence-electron chi connectivity index (χ3n) is 9.01. The topological polar surface area (TPSA) is 123 Å². The van der Waals surface area contributed by atoms with Gasteiger partial charge in [0.05, 0.1) is 29.3 Å². The number of likely N-dealkylation sites (N-methyl/N-ethyl adjacent to an activating group) is 1. The molecule has 256 valence electrons. The lowest BCUT2D eigenvalue weighted by atomic mass is 10.0. The number of hydrogen-bond donors (Lipinski definition) is 2. The molecule has 2 fully saturated rings. The Balaban J connectivity index is 1.36. The van der Waals surface area contributed by atoms with Crippen LogP contribution in [-0.2, 0) is 4.57 Å². The molecule has 0 bridgehead atoms. The van der Waals surface area contributed by atoms with E-state index in [-0.39, 0.29) is 6.67 Å². The van der Waals surface area contributed by atoms with Crippen molar-refractivity contribution in [3.63, 3.8) is 0 Å². The number of amidine groups is 1. The van der Waals surface area contributed by atoms with Crippen molar-refractivity contribution < 1.29 is 9.30 Å². The van der Waals surface area contributed by atoms with E-state index in [0.717, 1.165) is 74.8 Å². The van der Waals surface area contributed by atoms with Gasteiger partial charge in [0, 0.05) is 69.5 Å². The number of piperazine rings is 1. The number of ether oxygens (including phenoxy) is 1. The highest BCUT2D eigenvalue weighted by Gasteiger charge is 2.28. The Labute approximate surface area is 284 Å². The molecule has 5 rings (SSSR count). The number of fused-ring (bicyclic) bond motifs is 1. The lowest BCUT2D eigenvalue weighted by Gasteiger charge is -2.42. The summed E-state index contributed by atoms with van der Waals surface area (Å²) in [7, 11) is 1.05. The van der Waals surface area contributed by atoms with E-state index in [9.17, 15) is 4.57 Å². The van der Waals surface area contributed by atoms with Crippen molar-refractivity contribution in [2.75, 3.05) is 89.0 Å². The van der Waals surface area contributed by atoms with Gasteiger partial charge in [-0.25, -0.2) is 4.99 Å². The standard InChI is InChI=1S/C35H49N10O2P/c1-24(2)27(22-36-4)33(41-29-10-9-28-31(38-14-13-37-28)32(29)48(7,8)46)40-23-39-30-21-25(3)34(42-35(30)47-6)45-15-11-26(12-16-45)44-19-17-43(5)18-20-44/h9-10,13-14,21-22,26,39H,1,4,11-12,15-20,23H2,2-3,5-8H3,(H,40,41)/b27-22-. The number of hydrogen-bond acceptors (Lipinski definition) is 11. The highest BCUT2D eigenvalue weighted by Crippen LogP contribution is 2.40. The van der Waals surface area contributed by atoms with Crippen LogP contribution in [0.3, 0.4) is 0 Å². The van der Waals surface area contributed by atoms with E-state index in [1.165, 1.54) is 0 Å². The van der Waals surface area contributed by atoms with Crippen LogP contribution in [0.15, 0.2) is 64.5 Å². The average Bonchev–Trinajstić information content (AvgIpc) is 3.06. The number of aromatic nitrogens is 3. The first-order chi connectivity index (χ1) is 23.0. The van der Waals surface area contributed by atoms with Crippen LogP contribution in [0.5, 0.6) is 5.88 Å². The molecule has 2 aliphatic heterocycles. The first kappa shape index (κ1) is 35.2. The van der Waals surface area contributed by atoms with E-state index < -0.39 is 7.14 Å². The predicted molar refractivity (Wildman–Crippen MR) is 200 cm³/mol. The Morgan fingerprint density at radius 3 is 2.46 bits per heavy atom. The second kappa shape index (κ2) is 15.4. The van der Waals surface area contributed by atoms with Crippen molar-refractivity contribution in [3.05, 3.63) is 60.1 Å². The fourth-order valence-corrected chi connectivity index (χ4v) is 7.87. The van der Waals surface area contributed by atoms with Crippen LogP contribution in [0.25, 0.3) is 11.0 Å². The van der Waals surface area contributed by atoms with Gasteiger partial charge in [0.1, 0.15) is 31.0 Å². The van der Waals surface area contributed by atoms with Crippen molar-refractivity contribution in [1.29, 1.82) is 0 Å². The minimum absolute atomic E-state index is 0.190. The van der Waals surface area contributed by atoms with Gasteiger partial charge in [0.15, 0.2) is 0 Å². The van der Waals surface area contributed by atoms with E-state index >= 15 is 0 Å². The van der Waals surface area contributed by atoms with E-state index in [1.807, 2.05) is 19.1 Å². The lowest BCUT2D eigenvalue weighted by molar-refractivity contribution is 0.0981. The molecule has 13 heteroatoms. The molecule has 2 aliphatic rings. The van der Waals surface area contributed by atoms with E-state index in [0.29, 0.717) is 45.4 Å². The van der Waals surface area contributed by atoms with Gasteiger partial charge in [-0.3, -0.25) is 19.9 Å². The SMILES string of the molecule is C=N/C=C(/C(=C)C)C(=NCNc1cc(C)c(N2CCC(N3CCN(C)CC3)CC2)nc1OC)Nc1ccc2nccnc2c1P(C)(C)=O. The van der Waals surface area contributed by atoms with Crippen molar-refractivity contribution in [1.82, 2.24) is 24.8 Å². The van der Waals surface area contributed by atoms with Crippen LogP contribution in [-0.4, -0.2) is 117 Å². The lowest BCUT2D eigenvalue weighted by Crippen LogP contribution is -2.52. The van der Waals surface area contributed by atoms with Crippen LogP contribution < -0.4 is 25.6 Å². The van der Waals surface area contributed by atoms with Gasteiger partial charge in [-0.2, -0.15) is 4.98 Å². The Kier molecular flexibility index (Phi) is 11.3. The minimum Gasteiger partial charge on any atom is -0.479 e. The first-order valence-corrected chi connectivity index (χ1v) is 19.0. The number of nitrogens with one attached hydrogen (secondary N) is 2. The van der Waals surface area contributed by atoms with E-state index in [2.05, 4.69) is 73.6 Å². The van der Waals surface area contributed by atoms with Gasteiger partial charge in [-0.05, 0) is 83.1 Å². The number of piperidine rings is 1. The number of aryl methyl sites for hydroxylation is 1. The van der Waals surface area contributed by atoms with Crippen LogP contribution in [0.4, 0.5) is 17.2 Å². The zero-order chi connectivity index (χ0) is 34.4. The molecule has 0 aliphatic carbocycles. The number of nitrogens with zero attached hydrogens (tertiary/aromatic N) is 8. The maximum absolute atomic E-state index is 13.6. The number of rotatable bonds is 11. The summed E-state index contributed by atoms with van der Waals surface area (Å²) in [4.78, 5) is 30.2. The fourth-order valence-electron chi connectivity index (χ4n) is 6.48. The van der Waals surface area contributed by atoms with Gasteiger partial charge in [-0.1, -0.05) is 6.58 Å². The van der Waals surface area contributed by atoms with E-state index in [4.69, 9.17) is 14.7 Å². The largest absolute Gasteiger partial charge is 0.479 e. The number of aliphatic imine (C=N–C) groups is 2. The molecule has 2 saturated heterocycles. The monoisotopic (exact) mass is 672 g/mol. The molecule has 3 aromatic rings. The van der Waals surface area contributed by atoms with E-state index in [1.54, 1.807) is 39.0 Å². The van der Waals surface area contributed by atoms with Gasteiger partial charge in [0.2, 0.25) is 5.88 Å². The molecule has 2 N–H and O–H groups in total. The minimum atomic E-state index is -2.79. The number of anilines is 3. The summed E-state index contributed by atoms with van der Waals surface area (Å²) in [6.45, 7) is 21.9. The molecule has 4 heterocycles. The molecule has 0 radical (unpaired) electrons. The van der Waals surface area contributed by atoms with Crippen molar-refractivity contribution in [2.24, 2.45) is 9.98 Å². The zero-order valence-electron chi connectivity index (χ0n) is 29.2. The van der Waals surface area contributed by atoms with Crippen LogP contribution in [0.2, 0.25) is 0 Å². The van der Waals surface area contributed by atoms with Crippen LogP contribution in [0, 0.1) is 6.92 Å². The average molecular weight is 673 g/mol. The summed E-state index contributed by atoms with van der Waals surface area (Å²) >= 11 is 0. The Morgan fingerprint density at radius 2 is 1.81 bits per heavy atom. The fraction of sp³-hybridized carbons (Fsp3) is 0.457. The third-order valence-corrected chi connectivity index (χ3v) is 10.5. The molecule has 1 aromatic carbocycles. The molecule has 0 spiro atoms. The molecule has 12 nitrogen and oxygen atoms in total. The van der Waals surface area contributed by atoms with Crippen molar-refractivity contribution in [2.45, 2.75) is 32.7 Å². The second-order valence-electron chi connectivity index (χ2n) is 13.0. The Bertz CT molecular complexity index is 1750. The van der Waals surface area contributed by atoms with Gasteiger partial charge in [-0.15, -0.1) is 0 Å². The molecular formula is C35H49N10O2P. The summed E-state index contributed by atoms with van der Waals surface area (Å²) in [5, 5.41) is 7.41. The molecule has 0 saturated carbocycles. The van der Waals surface area contributed by atoms with Crippen molar-refractivity contribution >= 4 is 53.2 Å². The summed E-state index contributed by atoms with van der Waals surface area (Å²) in [6, 6.07) is 6.41. The highest BCUT2D eigenvalue weighted by molar-refractivity contribution is 7.71. The molecule has 0 amide bonds. The normalized spacial score (nSPS) is 17.4. The van der Waals surface area contributed by atoms with Crippen LogP contribution in [0.1, 0.15) is 25.3 Å². The number of methoxy groups -OCH3 is 1. The molecular weight excluding hydrogens is 623 g/mol. The maximum Gasteiger partial charge on any atom is 0.239 e. The quantitative estimate of drug-likeness (QED) is 0.127. The molecule has 48 heavy (non-hydrogen) atoms. The Hall–Kier alpha value is -4.12. The first-order valence-electron chi connectivity index (χ1n) is 16.4. The van der Waals surface area contributed by atoms with Gasteiger partial charge >= 0.3 is 0 Å². The maximum atomic E-state index is 13.6. The second-order valence-corrected chi connectivity index (χ2v) is 16.1. The third kappa shape index (κ3) is 8.11. The number of pyridine rings is 1. The smallest absolute Gasteiger partial charge is 0.239 e. The van der Waals surface area contributed by atoms with Crippen molar-refractivity contribution in [3.8, 4) is 5.88 Å². The molecule has 0 atom stereocenters. The zero-order valence-corrected chi connectivity index (χ0v) is 30.1. The predicted octanol–water partition coefficient (Wildman–Crippen LogP) is 4.85. The Morgan fingerprint density at radius 1 is 1.10 bits per heavy atom. The summed E-state index contributed by atoms with van der Waals surface area (Å²) in [5.74, 6) is 1.96. The summed E-state index contributed by atoms with van der Waals surface area (Å²) < 4.78 is 19.3. The highest BCUT2D eigenvalue weighted by atomic mass is 31.2. The van der Waals surface area contributed by atoms with Crippen LogP contribution >= 0.6 is 7.14 Å². The summed E-state index contributed by atoms with van der Waals surface area (Å²) in [5.41, 5.74) is 5.10. The summed E-state index contributed by atoms with van der Waals surface area (Å²) in [6.07, 6.45) is 7.11. The number of benzene rings is 1. The van der Waals surface area contributed by atoms with Gasteiger partial charge in [0.25, 0.3) is 0 Å². The molecule has 0 unspecified atom stereocenters. The molecule has 2 aromatic heterocycles.